The van der Waals surface area contributed by atoms with Crippen molar-refractivity contribution in [2.45, 2.75) is 31.2 Å². The van der Waals surface area contributed by atoms with Crippen LogP contribution >= 0.6 is 35.6 Å². The number of rotatable bonds is 3. The first-order valence-corrected chi connectivity index (χ1v) is 7.83. The first-order chi connectivity index (χ1) is 9.61. The molecule has 1 saturated heterocycles. The lowest BCUT2D eigenvalue weighted by Gasteiger charge is -2.23. The van der Waals surface area contributed by atoms with Crippen LogP contribution in [0.2, 0.25) is 10.0 Å². The molecule has 0 aromatic heterocycles. The first-order valence-electron chi connectivity index (χ1n) is 7.07. The maximum Gasteiger partial charge on any atom is 0.226 e. The van der Waals surface area contributed by atoms with E-state index in [0.29, 0.717) is 16.6 Å². The third-order valence-corrected chi connectivity index (χ3v) is 4.96. The van der Waals surface area contributed by atoms with Crippen LogP contribution in [0.25, 0.3) is 0 Å². The molecular formula is C15H19Cl3N2O. The smallest absolute Gasteiger partial charge is 0.226 e. The normalized spacial score (nSPS) is 27.4. The van der Waals surface area contributed by atoms with Crippen LogP contribution < -0.4 is 5.73 Å². The Morgan fingerprint density at radius 2 is 2.14 bits per heavy atom. The second-order valence-corrected chi connectivity index (χ2v) is 6.52. The van der Waals surface area contributed by atoms with Gasteiger partial charge in [0, 0.05) is 35.1 Å². The number of hydrogen-bond acceptors (Lipinski definition) is 2. The minimum Gasteiger partial charge on any atom is -0.338 e. The average Bonchev–Trinajstić information content (AvgIpc) is 3.06. The molecule has 2 fully saturated rings. The summed E-state index contributed by atoms with van der Waals surface area (Å²) in [5.41, 5.74) is 6.78. The highest BCUT2D eigenvalue weighted by Crippen LogP contribution is 2.51. The zero-order chi connectivity index (χ0) is 14.3. The second kappa shape index (κ2) is 6.74. The summed E-state index contributed by atoms with van der Waals surface area (Å²) < 4.78 is 0. The molecule has 2 aliphatic rings. The lowest BCUT2D eigenvalue weighted by Crippen LogP contribution is -2.40. The average molecular weight is 350 g/mol. The van der Waals surface area contributed by atoms with Crippen LogP contribution in [0.15, 0.2) is 18.2 Å². The minimum atomic E-state index is 0. The van der Waals surface area contributed by atoms with Crippen molar-refractivity contribution in [3.8, 4) is 0 Å². The second-order valence-electron chi connectivity index (χ2n) is 5.68. The van der Waals surface area contributed by atoms with Crippen LogP contribution in [0.5, 0.6) is 0 Å². The third-order valence-electron chi connectivity index (χ3n) is 4.40. The lowest BCUT2D eigenvalue weighted by atomic mass is 10.1. The Hall–Kier alpha value is -0.480. The molecule has 116 valence electrons. The fraction of sp³-hybridized carbons (Fsp3) is 0.533. The molecule has 1 saturated carbocycles. The van der Waals surface area contributed by atoms with Crippen molar-refractivity contribution >= 4 is 41.5 Å². The summed E-state index contributed by atoms with van der Waals surface area (Å²) in [5, 5.41) is 1.29. The van der Waals surface area contributed by atoms with Crippen LogP contribution in [0.4, 0.5) is 0 Å². The number of amides is 1. The highest BCUT2D eigenvalue weighted by Gasteiger charge is 2.48. The SMILES string of the molecule is Cl.NCC1CCCN1C(=O)C1CC1c1ccc(Cl)cc1Cl. The lowest BCUT2D eigenvalue weighted by molar-refractivity contribution is -0.133. The van der Waals surface area contributed by atoms with Gasteiger partial charge in [0.05, 0.1) is 0 Å². The number of carbonyl (C=O) groups is 1. The number of likely N-dealkylation sites (tertiary alicyclic amines) is 1. The predicted octanol–water partition coefficient (Wildman–Crippen LogP) is 3.47. The summed E-state index contributed by atoms with van der Waals surface area (Å²) in [5.74, 6) is 0.557. The quantitative estimate of drug-likeness (QED) is 0.908. The summed E-state index contributed by atoms with van der Waals surface area (Å²) in [6.07, 6.45) is 2.97. The van der Waals surface area contributed by atoms with E-state index in [4.69, 9.17) is 28.9 Å². The van der Waals surface area contributed by atoms with Gasteiger partial charge < -0.3 is 10.6 Å². The zero-order valence-corrected chi connectivity index (χ0v) is 13.9. The van der Waals surface area contributed by atoms with Gasteiger partial charge in [0.15, 0.2) is 0 Å². The number of hydrogen-bond donors (Lipinski definition) is 1. The molecule has 1 aliphatic heterocycles. The van der Waals surface area contributed by atoms with E-state index in [1.165, 1.54) is 0 Å². The molecule has 3 unspecified atom stereocenters. The number of halogens is 3. The molecule has 0 radical (unpaired) electrons. The van der Waals surface area contributed by atoms with E-state index < -0.39 is 0 Å². The standard InChI is InChI=1S/C15H18Cl2N2O.ClH/c16-9-3-4-11(14(17)6-9)12-7-13(12)15(20)19-5-1-2-10(19)8-18;/h3-4,6,10,12-13H,1-2,5,7-8,18H2;1H. The van der Waals surface area contributed by atoms with Gasteiger partial charge in [-0.25, -0.2) is 0 Å². The summed E-state index contributed by atoms with van der Waals surface area (Å²) in [6, 6.07) is 5.75. The zero-order valence-electron chi connectivity index (χ0n) is 11.6. The van der Waals surface area contributed by atoms with Crippen molar-refractivity contribution in [3.05, 3.63) is 33.8 Å². The van der Waals surface area contributed by atoms with Crippen LogP contribution in [-0.4, -0.2) is 29.9 Å². The van der Waals surface area contributed by atoms with E-state index in [2.05, 4.69) is 0 Å². The third kappa shape index (κ3) is 3.31. The summed E-state index contributed by atoms with van der Waals surface area (Å²) >= 11 is 12.1. The molecule has 3 rings (SSSR count). The summed E-state index contributed by atoms with van der Waals surface area (Å²) in [4.78, 5) is 14.5. The summed E-state index contributed by atoms with van der Waals surface area (Å²) in [7, 11) is 0. The van der Waals surface area contributed by atoms with Crippen molar-refractivity contribution in [1.29, 1.82) is 0 Å². The Morgan fingerprint density at radius 3 is 2.81 bits per heavy atom. The van der Waals surface area contributed by atoms with Crippen LogP contribution in [0.3, 0.4) is 0 Å². The van der Waals surface area contributed by atoms with Gasteiger partial charge in [-0.2, -0.15) is 0 Å². The molecule has 1 aliphatic carbocycles. The van der Waals surface area contributed by atoms with Crippen molar-refractivity contribution in [1.82, 2.24) is 4.90 Å². The van der Waals surface area contributed by atoms with Crippen molar-refractivity contribution in [3.63, 3.8) is 0 Å². The highest BCUT2D eigenvalue weighted by molar-refractivity contribution is 6.35. The Balaban J connectivity index is 0.00000161. The van der Waals surface area contributed by atoms with Gasteiger partial charge in [0.2, 0.25) is 5.91 Å². The Bertz CT molecular complexity index is 538. The minimum absolute atomic E-state index is 0. The first kappa shape index (κ1) is 16.9. The van der Waals surface area contributed by atoms with Crippen molar-refractivity contribution < 1.29 is 4.79 Å². The highest BCUT2D eigenvalue weighted by atomic mass is 35.5. The van der Waals surface area contributed by atoms with Gasteiger partial charge in [-0.3, -0.25) is 4.79 Å². The van der Waals surface area contributed by atoms with E-state index in [0.717, 1.165) is 31.4 Å². The van der Waals surface area contributed by atoms with Gasteiger partial charge in [-0.1, -0.05) is 29.3 Å². The topological polar surface area (TPSA) is 46.3 Å². The van der Waals surface area contributed by atoms with Crippen molar-refractivity contribution in [2.24, 2.45) is 11.7 Å². The molecule has 3 atom stereocenters. The molecule has 21 heavy (non-hydrogen) atoms. The van der Waals surface area contributed by atoms with Gasteiger partial charge in [0.1, 0.15) is 0 Å². The Labute approximate surface area is 141 Å². The van der Waals surface area contributed by atoms with Crippen LogP contribution in [0, 0.1) is 5.92 Å². The molecule has 3 nitrogen and oxygen atoms in total. The molecule has 1 aromatic carbocycles. The predicted molar refractivity (Wildman–Crippen MR) is 88.3 cm³/mol. The number of nitrogens with two attached hydrogens (primary N) is 1. The van der Waals surface area contributed by atoms with E-state index in [-0.39, 0.29) is 36.2 Å². The number of benzene rings is 1. The maximum atomic E-state index is 12.5. The number of nitrogens with zero attached hydrogens (tertiary/aromatic N) is 1. The fourth-order valence-electron chi connectivity index (χ4n) is 3.20. The molecule has 1 amide bonds. The van der Waals surface area contributed by atoms with Crippen LogP contribution in [-0.2, 0) is 4.79 Å². The van der Waals surface area contributed by atoms with Crippen molar-refractivity contribution in [2.75, 3.05) is 13.1 Å². The maximum absolute atomic E-state index is 12.5. The molecular weight excluding hydrogens is 331 g/mol. The monoisotopic (exact) mass is 348 g/mol. The molecule has 2 N–H and O–H groups in total. The fourth-order valence-corrected chi connectivity index (χ4v) is 3.75. The number of carbonyl (C=O) groups excluding carboxylic acids is 1. The molecule has 1 aromatic rings. The van der Waals surface area contributed by atoms with Gasteiger partial charge in [0.25, 0.3) is 0 Å². The molecule has 0 spiro atoms. The van der Waals surface area contributed by atoms with E-state index in [1.807, 2.05) is 17.0 Å². The molecule has 6 heteroatoms. The van der Waals surface area contributed by atoms with Crippen LogP contribution in [0.1, 0.15) is 30.7 Å². The van der Waals surface area contributed by atoms with Gasteiger partial charge >= 0.3 is 0 Å². The van der Waals surface area contributed by atoms with Gasteiger partial charge in [-0.15, -0.1) is 12.4 Å². The Morgan fingerprint density at radius 1 is 1.38 bits per heavy atom. The van der Waals surface area contributed by atoms with E-state index in [9.17, 15) is 4.79 Å². The molecule has 0 bridgehead atoms. The van der Waals surface area contributed by atoms with Gasteiger partial charge in [-0.05, 0) is 42.9 Å². The van der Waals surface area contributed by atoms with E-state index >= 15 is 0 Å². The molecule has 1 heterocycles. The van der Waals surface area contributed by atoms with E-state index in [1.54, 1.807) is 6.07 Å². The summed E-state index contributed by atoms with van der Waals surface area (Å²) in [6.45, 7) is 1.41. The Kier molecular flexibility index (Phi) is 5.42. The largest absolute Gasteiger partial charge is 0.338 e.